The number of nitrogens with zero attached hydrogens (tertiary/aromatic N) is 2. The molecule has 2 heterocycles. The third kappa shape index (κ3) is 3.15. The van der Waals surface area contributed by atoms with E-state index in [1.165, 1.54) is 10.6 Å². The van der Waals surface area contributed by atoms with E-state index >= 15 is 0 Å². The summed E-state index contributed by atoms with van der Waals surface area (Å²) in [7, 11) is -3.14. The maximum atomic E-state index is 12.8. The number of rotatable bonds is 3. The van der Waals surface area contributed by atoms with Crippen LogP contribution in [0.15, 0.2) is 0 Å². The van der Waals surface area contributed by atoms with Crippen molar-refractivity contribution in [2.24, 2.45) is 5.41 Å². The van der Waals surface area contributed by atoms with Crippen LogP contribution in [0.5, 0.6) is 0 Å². The second-order valence-electron chi connectivity index (χ2n) is 5.87. The van der Waals surface area contributed by atoms with Crippen LogP contribution in [-0.2, 0) is 14.8 Å². The van der Waals surface area contributed by atoms with E-state index in [2.05, 4.69) is 12.2 Å². The first kappa shape index (κ1) is 15.7. The molecule has 0 aliphatic carbocycles. The van der Waals surface area contributed by atoms with Gasteiger partial charge in [-0.3, -0.25) is 4.79 Å². The molecule has 2 aliphatic rings. The molecule has 116 valence electrons. The van der Waals surface area contributed by atoms with Crippen LogP contribution < -0.4 is 5.32 Å². The molecule has 1 atom stereocenters. The molecule has 2 aliphatic heterocycles. The van der Waals surface area contributed by atoms with Gasteiger partial charge in [-0.2, -0.15) is 4.31 Å². The molecular formula is C13H25N3O3S. The van der Waals surface area contributed by atoms with Gasteiger partial charge < -0.3 is 10.2 Å². The van der Waals surface area contributed by atoms with E-state index in [0.29, 0.717) is 26.2 Å². The Morgan fingerprint density at radius 3 is 2.35 bits per heavy atom. The van der Waals surface area contributed by atoms with E-state index in [4.69, 9.17) is 0 Å². The Hall–Kier alpha value is -0.660. The average molecular weight is 303 g/mol. The molecule has 0 bridgehead atoms. The second kappa shape index (κ2) is 5.99. The summed E-state index contributed by atoms with van der Waals surface area (Å²) < 4.78 is 24.4. The van der Waals surface area contributed by atoms with Crippen molar-refractivity contribution in [2.75, 3.05) is 45.5 Å². The maximum Gasteiger partial charge on any atom is 0.230 e. The first-order valence-electron chi connectivity index (χ1n) is 7.34. The lowest BCUT2D eigenvalue weighted by molar-refractivity contribution is -0.144. The summed E-state index contributed by atoms with van der Waals surface area (Å²) in [6.07, 6.45) is 4.03. The average Bonchev–Trinajstić information content (AvgIpc) is 2.46. The van der Waals surface area contributed by atoms with Gasteiger partial charge in [-0.25, -0.2) is 8.42 Å². The molecule has 0 aromatic heterocycles. The summed E-state index contributed by atoms with van der Waals surface area (Å²) in [5.41, 5.74) is -0.286. The van der Waals surface area contributed by atoms with Gasteiger partial charge >= 0.3 is 0 Å². The van der Waals surface area contributed by atoms with E-state index in [1.807, 2.05) is 4.90 Å². The number of carbonyl (C=O) groups excluding carboxylic acids is 1. The predicted octanol–water partition coefficient (Wildman–Crippen LogP) is -0.130. The minimum absolute atomic E-state index is 0.195. The Labute approximate surface area is 121 Å². The normalized spacial score (nSPS) is 29.4. The van der Waals surface area contributed by atoms with Gasteiger partial charge in [0.1, 0.15) is 0 Å². The quantitative estimate of drug-likeness (QED) is 0.788. The molecule has 0 saturated carbocycles. The number of hydrogen-bond donors (Lipinski definition) is 1. The fourth-order valence-corrected chi connectivity index (χ4v) is 3.99. The number of piperazine rings is 1. The summed E-state index contributed by atoms with van der Waals surface area (Å²) in [6, 6.07) is 0. The Morgan fingerprint density at radius 1 is 1.25 bits per heavy atom. The molecule has 1 amide bonds. The first-order valence-corrected chi connectivity index (χ1v) is 9.19. The zero-order valence-corrected chi connectivity index (χ0v) is 13.2. The van der Waals surface area contributed by atoms with Gasteiger partial charge in [0.05, 0.1) is 11.7 Å². The largest absolute Gasteiger partial charge is 0.340 e. The topological polar surface area (TPSA) is 69.7 Å². The molecule has 0 aromatic rings. The molecule has 1 N–H and O–H groups in total. The molecule has 7 heteroatoms. The maximum absolute atomic E-state index is 12.8. The zero-order valence-electron chi connectivity index (χ0n) is 12.4. The molecule has 0 radical (unpaired) electrons. The molecule has 1 unspecified atom stereocenters. The molecule has 2 fully saturated rings. The van der Waals surface area contributed by atoms with Gasteiger partial charge in [0, 0.05) is 32.7 Å². The smallest absolute Gasteiger partial charge is 0.230 e. The summed E-state index contributed by atoms with van der Waals surface area (Å²) in [6.45, 7) is 5.64. The zero-order chi connectivity index (χ0) is 14.8. The summed E-state index contributed by atoms with van der Waals surface area (Å²) >= 11 is 0. The van der Waals surface area contributed by atoms with Crippen molar-refractivity contribution in [3.8, 4) is 0 Å². The SMILES string of the molecule is CCC1(C(=O)N2CCN(S(C)(=O)=O)CC2)CCCNC1. The summed E-state index contributed by atoms with van der Waals surface area (Å²) in [5.74, 6) is 0.195. The lowest BCUT2D eigenvalue weighted by atomic mass is 9.77. The fourth-order valence-electron chi connectivity index (χ4n) is 3.16. The van der Waals surface area contributed by atoms with Gasteiger partial charge in [0.15, 0.2) is 0 Å². The van der Waals surface area contributed by atoms with E-state index in [-0.39, 0.29) is 11.3 Å². The van der Waals surface area contributed by atoms with Crippen LogP contribution in [0.25, 0.3) is 0 Å². The third-order valence-electron chi connectivity index (χ3n) is 4.60. The van der Waals surface area contributed by atoms with Crippen molar-refractivity contribution in [1.82, 2.24) is 14.5 Å². The summed E-state index contributed by atoms with van der Waals surface area (Å²) in [5, 5.41) is 3.33. The van der Waals surface area contributed by atoms with Crippen molar-refractivity contribution in [1.29, 1.82) is 0 Å². The number of piperidine rings is 1. The highest BCUT2D eigenvalue weighted by atomic mass is 32.2. The van der Waals surface area contributed by atoms with Crippen molar-refractivity contribution < 1.29 is 13.2 Å². The van der Waals surface area contributed by atoms with E-state index in [0.717, 1.165) is 32.4 Å². The Bertz CT molecular complexity index is 449. The molecule has 2 saturated heterocycles. The molecule has 20 heavy (non-hydrogen) atoms. The van der Waals surface area contributed by atoms with Crippen molar-refractivity contribution in [3.63, 3.8) is 0 Å². The van der Waals surface area contributed by atoms with Crippen LogP contribution in [0.1, 0.15) is 26.2 Å². The predicted molar refractivity (Wildman–Crippen MR) is 77.8 cm³/mol. The van der Waals surface area contributed by atoms with E-state index in [9.17, 15) is 13.2 Å². The van der Waals surface area contributed by atoms with Crippen LogP contribution in [0.4, 0.5) is 0 Å². The molecule has 6 nitrogen and oxygen atoms in total. The van der Waals surface area contributed by atoms with Crippen molar-refractivity contribution >= 4 is 15.9 Å². The van der Waals surface area contributed by atoms with Crippen molar-refractivity contribution in [2.45, 2.75) is 26.2 Å². The minimum atomic E-state index is -3.14. The lowest BCUT2D eigenvalue weighted by Gasteiger charge is -2.42. The van der Waals surface area contributed by atoms with E-state index < -0.39 is 10.0 Å². The van der Waals surface area contributed by atoms with Crippen LogP contribution in [0.2, 0.25) is 0 Å². The first-order chi connectivity index (χ1) is 9.39. The van der Waals surface area contributed by atoms with Gasteiger partial charge in [0.2, 0.25) is 15.9 Å². The van der Waals surface area contributed by atoms with Gasteiger partial charge in [-0.15, -0.1) is 0 Å². The second-order valence-corrected chi connectivity index (χ2v) is 7.85. The number of amides is 1. The number of hydrogen-bond acceptors (Lipinski definition) is 4. The highest BCUT2D eigenvalue weighted by Crippen LogP contribution is 2.32. The molecule has 2 rings (SSSR count). The van der Waals surface area contributed by atoms with Crippen LogP contribution >= 0.6 is 0 Å². The van der Waals surface area contributed by atoms with Gasteiger partial charge in [0.25, 0.3) is 0 Å². The molecule has 0 aromatic carbocycles. The van der Waals surface area contributed by atoms with Gasteiger partial charge in [-0.1, -0.05) is 6.92 Å². The molecular weight excluding hydrogens is 278 g/mol. The lowest BCUT2D eigenvalue weighted by Crippen LogP contribution is -2.57. The highest BCUT2D eigenvalue weighted by Gasteiger charge is 2.41. The highest BCUT2D eigenvalue weighted by molar-refractivity contribution is 7.88. The van der Waals surface area contributed by atoms with E-state index in [1.54, 1.807) is 0 Å². The number of carbonyl (C=O) groups is 1. The Balaban J connectivity index is 2.00. The fraction of sp³-hybridized carbons (Fsp3) is 0.923. The minimum Gasteiger partial charge on any atom is -0.340 e. The third-order valence-corrected chi connectivity index (χ3v) is 5.90. The Kier molecular flexibility index (Phi) is 4.71. The number of sulfonamides is 1. The Morgan fingerprint density at radius 2 is 1.90 bits per heavy atom. The standard InChI is InChI=1S/C13H25N3O3S/c1-3-13(5-4-6-14-11-13)12(17)15-7-9-16(10-8-15)20(2,18)19/h14H,3-11H2,1-2H3. The van der Waals surface area contributed by atoms with Gasteiger partial charge in [-0.05, 0) is 25.8 Å². The van der Waals surface area contributed by atoms with Crippen molar-refractivity contribution in [3.05, 3.63) is 0 Å². The van der Waals surface area contributed by atoms with Crippen LogP contribution in [0, 0.1) is 5.41 Å². The van der Waals surface area contributed by atoms with Crippen LogP contribution in [-0.4, -0.2) is 69.1 Å². The number of nitrogens with one attached hydrogen (secondary N) is 1. The summed E-state index contributed by atoms with van der Waals surface area (Å²) in [4.78, 5) is 14.6. The molecule has 0 spiro atoms. The van der Waals surface area contributed by atoms with Crippen LogP contribution in [0.3, 0.4) is 0 Å². The monoisotopic (exact) mass is 303 g/mol.